The minimum atomic E-state index is -0.289. The molecule has 1 aliphatic heterocycles. The summed E-state index contributed by atoms with van der Waals surface area (Å²) in [5, 5.41) is 9.45. The van der Waals surface area contributed by atoms with Crippen LogP contribution in [0.4, 0.5) is 0 Å². The van der Waals surface area contributed by atoms with Gasteiger partial charge in [0.05, 0.1) is 0 Å². The molecule has 0 bridgehead atoms. The molecule has 0 aromatic carbocycles. The van der Waals surface area contributed by atoms with Crippen LogP contribution in [0, 0.1) is 5.92 Å². The van der Waals surface area contributed by atoms with E-state index in [1.165, 1.54) is 25.7 Å². The summed E-state index contributed by atoms with van der Waals surface area (Å²) in [6.07, 6.45) is 10.4. The highest BCUT2D eigenvalue weighted by atomic mass is 16.7. The van der Waals surface area contributed by atoms with Gasteiger partial charge in [-0.1, -0.05) is 12.8 Å². The normalized spacial score (nSPS) is 40.5. The minimum absolute atomic E-state index is 0.0920. The van der Waals surface area contributed by atoms with Gasteiger partial charge in [-0.15, -0.1) is 0 Å². The summed E-state index contributed by atoms with van der Waals surface area (Å²) in [4.78, 5) is 0. The van der Waals surface area contributed by atoms with Crippen molar-refractivity contribution in [3.8, 4) is 0 Å². The van der Waals surface area contributed by atoms with Gasteiger partial charge < -0.3 is 14.6 Å². The van der Waals surface area contributed by atoms with Gasteiger partial charge in [0.2, 0.25) is 0 Å². The van der Waals surface area contributed by atoms with E-state index in [-0.39, 0.29) is 11.7 Å². The second-order valence-corrected chi connectivity index (χ2v) is 4.61. The first kappa shape index (κ1) is 9.43. The maximum Gasteiger partial charge on any atom is 0.149 e. The van der Waals surface area contributed by atoms with Gasteiger partial charge >= 0.3 is 0 Å². The maximum absolute atomic E-state index is 9.45. The van der Waals surface area contributed by atoms with Crippen molar-refractivity contribution < 1.29 is 14.6 Å². The van der Waals surface area contributed by atoms with Crippen LogP contribution in [0.1, 0.15) is 25.7 Å². The van der Waals surface area contributed by atoms with Gasteiger partial charge in [-0.2, -0.15) is 0 Å². The fraction of sp³-hybridized carbons (Fsp3) is 0.667. The lowest BCUT2D eigenvalue weighted by Gasteiger charge is -2.35. The van der Waals surface area contributed by atoms with Crippen molar-refractivity contribution in [1.29, 1.82) is 0 Å². The first-order valence-electron chi connectivity index (χ1n) is 5.67. The first-order valence-corrected chi connectivity index (χ1v) is 5.67. The molecule has 1 saturated carbocycles. The molecule has 0 spiro atoms. The Bertz CT molecular complexity index is 315. The highest BCUT2D eigenvalue weighted by Crippen LogP contribution is 2.45. The Kier molecular flexibility index (Phi) is 2.11. The summed E-state index contributed by atoms with van der Waals surface area (Å²) in [6.45, 7) is 0.343. The number of fused-ring (bicyclic) bond motifs is 1. The first-order chi connectivity index (χ1) is 7.31. The van der Waals surface area contributed by atoms with Crippen LogP contribution in [0.25, 0.3) is 0 Å². The molecule has 0 aromatic heterocycles. The summed E-state index contributed by atoms with van der Waals surface area (Å²) in [5.74, 6) is 0.838. The second kappa shape index (κ2) is 3.35. The van der Waals surface area contributed by atoms with Crippen LogP contribution in [0.5, 0.6) is 0 Å². The summed E-state index contributed by atoms with van der Waals surface area (Å²) in [5.41, 5.74) is -0.289. The van der Waals surface area contributed by atoms with E-state index < -0.39 is 0 Å². The minimum Gasteiger partial charge on any atom is -0.508 e. The fourth-order valence-electron chi connectivity index (χ4n) is 3.03. The van der Waals surface area contributed by atoms with E-state index in [1.54, 1.807) is 12.2 Å². The van der Waals surface area contributed by atoms with Crippen LogP contribution in [0.2, 0.25) is 0 Å². The lowest BCUT2D eigenvalue weighted by atomic mass is 9.79. The van der Waals surface area contributed by atoms with Gasteiger partial charge in [0.15, 0.2) is 0 Å². The monoisotopic (exact) mass is 208 g/mol. The van der Waals surface area contributed by atoms with Crippen LogP contribution in [-0.2, 0) is 9.47 Å². The molecule has 0 amide bonds. The zero-order valence-corrected chi connectivity index (χ0v) is 8.69. The number of aliphatic hydroxyl groups excluding tert-OH is 1. The number of ether oxygens (including phenoxy) is 2. The molecule has 1 N–H and O–H groups in total. The van der Waals surface area contributed by atoms with E-state index in [1.807, 2.05) is 6.08 Å². The van der Waals surface area contributed by atoms with Crippen LogP contribution < -0.4 is 0 Å². The topological polar surface area (TPSA) is 38.7 Å². The molecule has 2 unspecified atom stereocenters. The van der Waals surface area contributed by atoms with Gasteiger partial charge in [-0.05, 0) is 37.0 Å². The Morgan fingerprint density at radius 2 is 2.13 bits per heavy atom. The number of rotatable bonds is 1. The Morgan fingerprint density at radius 3 is 2.93 bits per heavy atom. The van der Waals surface area contributed by atoms with Gasteiger partial charge in [0, 0.05) is 0 Å². The zero-order chi connectivity index (χ0) is 10.3. The zero-order valence-electron chi connectivity index (χ0n) is 8.69. The number of hydrogen-bond acceptors (Lipinski definition) is 3. The average molecular weight is 208 g/mol. The van der Waals surface area contributed by atoms with Gasteiger partial charge in [0.25, 0.3) is 0 Å². The lowest BCUT2D eigenvalue weighted by molar-refractivity contribution is -0.0145. The largest absolute Gasteiger partial charge is 0.508 e. The molecule has 3 rings (SSSR count). The van der Waals surface area contributed by atoms with E-state index in [9.17, 15) is 5.11 Å². The Labute approximate surface area is 89.4 Å². The van der Waals surface area contributed by atoms with E-state index in [0.29, 0.717) is 18.5 Å². The molecule has 2 aliphatic carbocycles. The molecule has 3 heteroatoms. The van der Waals surface area contributed by atoms with E-state index >= 15 is 0 Å². The molecule has 0 radical (unpaired) electrons. The fourth-order valence-corrected chi connectivity index (χ4v) is 3.03. The van der Waals surface area contributed by atoms with Crippen molar-refractivity contribution >= 4 is 0 Å². The van der Waals surface area contributed by atoms with Crippen LogP contribution >= 0.6 is 0 Å². The quantitative estimate of drug-likeness (QED) is 0.718. The highest BCUT2D eigenvalue weighted by Gasteiger charge is 2.50. The molecule has 2 fully saturated rings. The molecule has 1 saturated heterocycles. The lowest BCUT2D eigenvalue weighted by Crippen LogP contribution is -2.44. The predicted molar refractivity (Wildman–Crippen MR) is 55.4 cm³/mol. The second-order valence-electron chi connectivity index (χ2n) is 4.61. The van der Waals surface area contributed by atoms with Crippen molar-refractivity contribution in [1.82, 2.24) is 0 Å². The number of hydrogen-bond donors (Lipinski definition) is 1. The Balaban J connectivity index is 1.92. The molecular weight excluding hydrogens is 192 g/mol. The van der Waals surface area contributed by atoms with E-state index in [2.05, 4.69) is 0 Å². The van der Waals surface area contributed by atoms with Crippen LogP contribution in [-0.4, -0.2) is 23.6 Å². The highest BCUT2D eigenvalue weighted by molar-refractivity contribution is 5.29. The molecule has 82 valence electrons. The Hall–Kier alpha value is -0.800. The number of aliphatic hydroxyl groups is 1. The third-order valence-corrected chi connectivity index (χ3v) is 3.83. The van der Waals surface area contributed by atoms with E-state index in [0.717, 1.165) is 0 Å². The third-order valence-electron chi connectivity index (χ3n) is 3.83. The summed E-state index contributed by atoms with van der Waals surface area (Å²) >= 11 is 0. The molecular formula is C12H16O3. The van der Waals surface area contributed by atoms with Gasteiger partial charge in [0.1, 0.15) is 24.3 Å². The van der Waals surface area contributed by atoms with Gasteiger partial charge in [-0.25, -0.2) is 0 Å². The predicted octanol–water partition coefficient (Wildman–Crippen LogP) is 2.30. The van der Waals surface area contributed by atoms with Crippen LogP contribution in [0.15, 0.2) is 24.0 Å². The molecule has 15 heavy (non-hydrogen) atoms. The van der Waals surface area contributed by atoms with Crippen molar-refractivity contribution in [2.24, 2.45) is 5.92 Å². The third kappa shape index (κ3) is 1.34. The molecule has 1 heterocycles. The van der Waals surface area contributed by atoms with Crippen molar-refractivity contribution in [3.05, 3.63) is 24.0 Å². The molecule has 0 aromatic rings. The standard InChI is InChI=1S/C12H16O3/c13-10-5-6-12(9-3-1-2-4-9)11(7-10)14-8-15-12/h5-7,9,11,13H,1-4,8H2. The molecule has 3 aliphatic rings. The van der Waals surface area contributed by atoms with Crippen molar-refractivity contribution in [2.45, 2.75) is 37.4 Å². The van der Waals surface area contributed by atoms with Gasteiger partial charge in [-0.3, -0.25) is 0 Å². The van der Waals surface area contributed by atoms with Crippen molar-refractivity contribution in [3.63, 3.8) is 0 Å². The molecule has 2 atom stereocenters. The Morgan fingerprint density at radius 1 is 1.33 bits per heavy atom. The average Bonchev–Trinajstić information content (AvgIpc) is 2.85. The summed E-state index contributed by atoms with van der Waals surface area (Å²) < 4.78 is 11.3. The summed E-state index contributed by atoms with van der Waals surface area (Å²) in [6, 6.07) is 0. The van der Waals surface area contributed by atoms with Crippen LogP contribution in [0.3, 0.4) is 0 Å². The summed E-state index contributed by atoms with van der Waals surface area (Å²) in [7, 11) is 0. The van der Waals surface area contributed by atoms with E-state index in [4.69, 9.17) is 9.47 Å². The maximum atomic E-state index is 9.45. The smallest absolute Gasteiger partial charge is 0.149 e. The SMILES string of the molecule is OC1=CC2OCOC2(C2CCCC2)C=C1. The molecule has 3 nitrogen and oxygen atoms in total. The number of allylic oxidation sites excluding steroid dienone is 1. The van der Waals surface area contributed by atoms with Crippen molar-refractivity contribution in [2.75, 3.05) is 6.79 Å².